The molecule has 4 rings (SSSR count). The van der Waals surface area contributed by atoms with E-state index in [1.165, 1.54) is 4.90 Å². The van der Waals surface area contributed by atoms with Crippen molar-refractivity contribution in [1.29, 1.82) is 0 Å². The van der Waals surface area contributed by atoms with Gasteiger partial charge in [0.25, 0.3) is 5.91 Å². The number of nitrogens with zero attached hydrogens (tertiary/aromatic N) is 1. The van der Waals surface area contributed by atoms with Crippen LogP contribution < -0.4 is 15.4 Å². The van der Waals surface area contributed by atoms with E-state index in [2.05, 4.69) is 15.4 Å². The number of aryl methyl sites for hydroxylation is 1. The summed E-state index contributed by atoms with van der Waals surface area (Å²) in [5, 5.41) is 4.56. The van der Waals surface area contributed by atoms with Gasteiger partial charge >= 0.3 is 6.36 Å². The summed E-state index contributed by atoms with van der Waals surface area (Å²) in [6.07, 6.45) is -4.50. The van der Waals surface area contributed by atoms with E-state index < -0.39 is 35.8 Å². The van der Waals surface area contributed by atoms with E-state index in [9.17, 15) is 36.7 Å². The maximum Gasteiger partial charge on any atom is 0.573 e. The molecule has 35 heavy (non-hydrogen) atoms. The maximum absolute atomic E-state index is 13.6. The van der Waals surface area contributed by atoms with Gasteiger partial charge in [0, 0.05) is 42.8 Å². The lowest BCUT2D eigenvalue weighted by molar-refractivity contribution is -0.274. The molecule has 1 unspecified atom stereocenters. The SMILES string of the molecule is O=C1CCC(N2Cc3ccc(CCC(=O)Nc4cc(F)cc(OC(F)(F)F)c4)cc3C2=O)C(=O)N1. The fourth-order valence-electron chi connectivity index (χ4n) is 4.07. The number of rotatable bonds is 6. The molecular formula is C23H19F4N3O5. The second-order valence-corrected chi connectivity index (χ2v) is 8.16. The summed E-state index contributed by atoms with van der Waals surface area (Å²) in [5.41, 5.74) is 1.56. The number of hydrogen-bond acceptors (Lipinski definition) is 5. The minimum Gasteiger partial charge on any atom is -0.406 e. The Kier molecular flexibility index (Phi) is 6.46. The van der Waals surface area contributed by atoms with Gasteiger partial charge in [-0.25, -0.2) is 4.39 Å². The molecule has 2 aliphatic heterocycles. The monoisotopic (exact) mass is 493 g/mol. The molecule has 2 heterocycles. The van der Waals surface area contributed by atoms with Gasteiger partial charge in [0.2, 0.25) is 17.7 Å². The van der Waals surface area contributed by atoms with Gasteiger partial charge in [-0.05, 0) is 36.1 Å². The summed E-state index contributed by atoms with van der Waals surface area (Å²) in [6.45, 7) is 0.225. The minimum absolute atomic E-state index is 0.0875. The van der Waals surface area contributed by atoms with Crippen molar-refractivity contribution in [2.45, 2.75) is 44.6 Å². The number of ether oxygens (including phenoxy) is 1. The van der Waals surface area contributed by atoms with E-state index in [4.69, 9.17) is 0 Å². The third-order valence-corrected chi connectivity index (χ3v) is 5.62. The van der Waals surface area contributed by atoms with E-state index >= 15 is 0 Å². The average molecular weight is 493 g/mol. The van der Waals surface area contributed by atoms with Crippen LogP contribution in [0, 0.1) is 5.82 Å². The highest BCUT2D eigenvalue weighted by molar-refractivity contribution is 6.05. The van der Waals surface area contributed by atoms with E-state index in [1.54, 1.807) is 18.2 Å². The predicted molar refractivity (Wildman–Crippen MR) is 113 cm³/mol. The van der Waals surface area contributed by atoms with Crippen molar-refractivity contribution < 1.29 is 41.5 Å². The van der Waals surface area contributed by atoms with Crippen molar-refractivity contribution in [2.75, 3.05) is 5.32 Å². The first-order valence-corrected chi connectivity index (χ1v) is 10.6. The van der Waals surface area contributed by atoms with Crippen LogP contribution in [0.4, 0.5) is 23.2 Å². The number of benzene rings is 2. The lowest BCUT2D eigenvalue weighted by atomic mass is 10.0. The van der Waals surface area contributed by atoms with Crippen LogP contribution in [0.1, 0.15) is 40.7 Å². The second-order valence-electron chi connectivity index (χ2n) is 8.16. The quantitative estimate of drug-likeness (QED) is 0.476. The number of fused-ring (bicyclic) bond motifs is 1. The summed E-state index contributed by atoms with van der Waals surface area (Å²) in [6, 6.07) is 6.59. The predicted octanol–water partition coefficient (Wildman–Crippen LogP) is 3.06. The Morgan fingerprint density at radius 1 is 1.14 bits per heavy atom. The Morgan fingerprint density at radius 2 is 1.91 bits per heavy atom. The second kappa shape index (κ2) is 9.35. The topological polar surface area (TPSA) is 105 Å². The molecule has 2 aliphatic rings. The number of carbonyl (C=O) groups is 4. The van der Waals surface area contributed by atoms with Crippen LogP contribution in [0.25, 0.3) is 0 Å². The fourth-order valence-corrected chi connectivity index (χ4v) is 4.07. The largest absolute Gasteiger partial charge is 0.573 e. The smallest absolute Gasteiger partial charge is 0.406 e. The van der Waals surface area contributed by atoms with Crippen molar-refractivity contribution in [3.05, 3.63) is 58.9 Å². The number of anilines is 1. The number of amides is 4. The molecule has 2 N–H and O–H groups in total. The lowest BCUT2D eigenvalue weighted by Crippen LogP contribution is -2.52. The van der Waals surface area contributed by atoms with Gasteiger partial charge in [-0.3, -0.25) is 24.5 Å². The zero-order valence-corrected chi connectivity index (χ0v) is 18.1. The molecule has 1 fully saturated rings. The molecule has 0 bridgehead atoms. The molecular weight excluding hydrogens is 474 g/mol. The summed E-state index contributed by atoms with van der Waals surface area (Å²) < 4.78 is 54.4. The highest BCUT2D eigenvalue weighted by atomic mass is 19.4. The van der Waals surface area contributed by atoms with Gasteiger partial charge in [0.15, 0.2) is 0 Å². The molecule has 0 aromatic heterocycles. The van der Waals surface area contributed by atoms with Crippen molar-refractivity contribution in [2.24, 2.45) is 0 Å². The molecule has 2 aromatic carbocycles. The molecule has 0 spiro atoms. The lowest BCUT2D eigenvalue weighted by Gasteiger charge is -2.29. The summed E-state index contributed by atoms with van der Waals surface area (Å²) >= 11 is 0. The van der Waals surface area contributed by atoms with Gasteiger partial charge in [-0.2, -0.15) is 0 Å². The van der Waals surface area contributed by atoms with Crippen LogP contribution in [0.3, 0.4) is 0 Å². The molecule has 0 aliphatic carbocycles. The summed E-state index contributed by atoms with van der Waals surface area (Å²) in [7, 11) is 0. The molecule has 0 saturated carbocycles. The van der Waals surface area contributed by atoms with Crippen molar-refractivity contribution in [3.8, 4) is 5.75 Å². The first kappa shape index (κ1) is 24.2. The number of imide groups is 1. The number of hydrogen-bond donors (Lipinski definition) is 2. The Labute approximate surface area is 196 Å². The molecule has 184 valence electrons. The molecule has 1 atom stereocenters. The maximum atomic E-state index is 13.6. The molecule has 12 heteroatoms. The van der Waals surface area contributed by atoms with E-state index in [0.717, 1.165) is 12.1 Å². The Bertz CT molecular complexity index is 1210. The number of halogens is 4. The minimum atomic E-state index is -5.01. The Hall–Kier alpha value is -3.96. The third kappa shape index (κ3) is 5.76. The number of piperidine rings is 1. The molecule has 0 radical (unpaired) electrons. The van der Waals surface area contributed by atoms with Gasteiger partial charge in [-0.1, -0.05) is 12.1 Å². The van der Waals surface area contributed by atoms with Crippen LogP contribution in [0.5, 0.6) is 5.75 Å². The van der Waals surface area contributed by atoms with Gasteiger partial charge in [0.1, 0.15) is 17.6 Å². The molecule has 1 saturated heterocycles. The van der Waals surface area contributed by atoms with E-state index in [0.29, 0.717) is 22.8 Å². The van der Waals surface area contributed by atoms with Crippen LogP contribution in [0.15, 0.2) is 36.4 Å². The normalized spacial score (nSPS) is 17.8. The van der Waals surface area contributed by atoms with Crippen molar-refractivity contribution >= 4 is 29.3 Å². The zero-order valence-electron chi connectivity index (χ0n) is 18.1. The standard InChI is InChI=1S/C23H19F4N3O5/c24-14-8-15(10-16(9-14)35-23(25,26)27)28-19(31)5-2-12-1-3-13-11-30(22(34)17(13)7-12)18-4-6-20(32)29-21(18)33/h1,3,7-10,18H,2,4-6,11H2,(H,28,31)(H,29,32,33). The third-order valence-electron chi connectivity index (χ3n) is 5.62. The number of alkyl halides is 3. The van der Waals surface area contributed by atoms with Crippen LogP contribution in [-0.2, 0) is 27.3 Å². The van der Waals surface area contributed by atoms with Crippen molar-refractivity contribution in [1.82, 2.24) is 10.2 Å². The molecule has 4 amide bonds. The van der Waals surface area contributed by atoms with E-state index in [-0.39, 0.29) is 49.7 Å². The van der Waals surface area contributed by atoms with Gasteiger partial charge in [0.05, 0.1) is 0 Å². The number of carbonyl (C=O) groups excluding carboxylic acids is 4. The first-order valence-electron chi connectivity index (χ1n) is 10.6. The first-order chi connectivity index (χ1) is 16.5. The van der Waals surface area contributed by atoms with Crippen LogP contribution in [0.2, 0.25) is 0 Å². The summed E-state index contributed by atoms with van der Waals surface area (Å²) in [4.78, 5) is 50.1. The highest BCUT2D eigenvalue weighted by Crippen LogP contribution is 2.29. The zero-order chi connectivity index (χ0) is 25.3. The van der Waals surface area contributed by atoms with Crippen LogP contribution >= 0.6 is 0 Å². The average Bonchev–Trinajstić information content (AvgIpc) is 3.06. The van der Waals surface area contributed by atoms with Crippen LogP contribution in [-0.4, -0.2) is 40.9 Å². The summed E-state index contributed by atoms with van der Waals surface area (Å²) in [5.74, 6) is -3.63. The Morgan fingerprint density at radius 3 is 2.63 bits per heavy atom. The number of nitrogens with one attached hydrogen (secondary N) is 2. The van der Waals surface area contributed by atoms with Crippen molar-refractivity contribution in [3.63, 3.8) is 0 Å². The van der Waals surface area contributed by atoms with E-state index in [1.807, 2.05) is 0 Å². The Balaban J connectivity index is 1.37. The highest BCUT2D eigenvalue weighted by Gasteiger charge is 2.39. The molecule has 2 aromatic rings. The fraction of sp³-hybridized carbons (Fsp3) is 0.304. The van der Waals surface area contributed by atoms with Gasteiger partial charge in [-0.15, -0.1) is 13.2 Å². The molecule has 8 nitrogen and oxygen atoms in total. The van der Waals surface area contributed by atoms with Gasteiger partial charge < -0.3 is 15.0 Å².